The second-order valence-electron chi connectivity index (χ2n) is 4.03. The number of ketones is 1. The summed E-state index contributed by atoms with van der Waals surface area (Å²) in [5.41, 5.74) is 2.26. The Kier molecular flexibility index (Phi) is 2.67. The lowest BCUT2D eigenvalue weighted by Crippen LogP contribution is -2.08. The zero-order valence-corrected chi connectivity index (χ0v) is 8.62. The smallest absolute Gasteiger partial charge is 0.162 e. The van der Waals surface area contributed by atoms with Crippen LogP contribution in [0.4, 0.5) is 0 Å². The third-order valence-electron chi connectivity index (χ3n) is 3.13. The normalized spacial score (nSPS) is 16.4. The van der Waals surface area contributed by atoms with Crippen LogP contribution in [0.3, 0.4) is 0 Å². The van der Waals surface area contributed by atoms with Crippen LogP contribution in [-0.4, -0.2) is 5.78 Å². The van der Waals surface area contributed by atoms with Crippen LogP contribution in [-0.2, 0) is 0 Å². The molecule has 1 fully saturated rings. The first-order valence-electron chi connectivity index (χ1n) is 5.44. The molecular formula is C13H16O. The number of carbonyl (C=O) groups excluding carboxylic acids is 1. The molecule has 0 atom stereocenters. The van der Waals surface area contributed by atoms with Gasteiger partial charge in [-0.05, 0) is 24.3 Å². The number of carbonyl (C=O) groups is 1. The standard InChI is InChI=1S/C13H16O/c1-2-13(14)12-8-6-11(7-9-12)10-4-3-5-10/h6-10H,2-5H2,1H3. The van der Waals surface area contributed by atoms with Crippen LogP contribution in [0.2, 0.25) is 0 Å². The van der Waals surface area contributed by atoms with E-state index in [1.165, 1.54) is 24.8 Å². The van der Waals surface area contributed by atoms with Gasteiger partial charge in [0, 0.05) is 12.0 Å². The minimum Gasteiger partial charge on any atom is -0.294 e. The second-order valence-corrected chi connectivity index (χ2v) is 4.03. The van der Waals surface area contributed by atoms with Crippen LogP contribution in [0.25, 0.3) is 0 Å². The zero-order valence-electron chi connectivity index (χ0n) is 8.62. The van der Waals surface area contributed by atoms with Crippen LogP contribution in [0.15, 0.2) is 24.3 Å². The molecular weight excluding hydrogens is 172 g/mol. The van der Waals surface area contributed by atoms with Gasteiger partial charge in [0.05, 0.1) is 0 Å². The van der Waals surface area contributed by atoms with Crippen molar-refractivity contribution in [3.8, 4) is 0 Å². The van der Waals surface area contributed by atoms with Crippen molar-refractivity contribution in [2.45, 2.75) is 38.5 Å². The maximum Gasteiger partial charge on any atom is 0.162 e. The van der Waals surface area contributed by atoms with Gasteiger partial charge in [-0.25, -0.2) is 0 Å². The Morgan fingerprint density at radius 2 is 1.93 bits per heavy atom. The summed E-state index contributed by atoms with van der Waals surface area (Å²) in [4.78, 5) is 11.4. The number of Topliss-reactive ketones (excluding diaryl/α,β-unsaturated/α-hetero) is 1. The molecule has 0 bridgehead atoms. The molecule has 0 amide bonds. The Morgan fingerprint density at radius 3 is 2.36 bits per heavy atom. The fraction of sp³-hybridized carbons (Fsp3) is 0.462. The average Bonchev–Trinajstić information content (AvgIpc) is 2.15. The van der Waals surface area contributed by atoms with Gasteiger partial charge in [-0.2, -0.15) is 0 Å². The Labute approximate surface area is 85.1 Å². The molecule has 0 N–H and O–H groups in total. The third-order valence-corrected chi connectivity index (χ3v) is 3.13. The predicted octanol–water partition coefficient (Wildman–Crippen LogP) is 3.55. The van der Waals surface area contributed by atoms with Gasteiger partial charge in [-0.15, -0.1) is 0 Å². The van der Waals surface area contributed by atoms with Gasteiger partial charge in [0.25, 0.3) is 0 Å². The van der Waals surface area contributed by atoms with Gasteiger partial charge in [0.1, 0.15) is 0 Å². The minimum absolute atomic E-state index is 0.241. The molecule has 1 heteroatoms. The molecule has 0 unspecified atom stereocenters. The lowest BCUT2D eigenvalue weighted by atomic mass is 9.80. The Balaban J connectivity index is 2.13. The van der Waals surface area contributed by atoms with Crippen molar-refractivity contribution in [2.24, 2.45) is 0 Å². The largest absolute Gasteiger partial charge is 0.294 e. The molecule has 0 heterocycles. The quantitative estimate of drug-likeness (QED) is 0.663. The van der Waals surface area contributed by atoms with Crippen molar-refractivity contribution in [1.29, 1.82) is 0 Å². The number of benzene rings is 1. The highest BCUT2D eigenvalue weighted by Crippen LogP contribution is 2.36. The number of hydrogen-bond donors (Lipinski definition) is 0. The summed E-state index contributed by atoms with van der Waals surface area (Å²) in [7, 11) is 0. The van der Waals surface area contributed by atoms with E-state index in [1.54, 1.807) is 0 Å². The van der Waals surface area contributed by atoms with E-state index in [0.717, 1.165) is 11.5 Å². The molecule has 0 saturated heterocycles. The van der Waals surface area contributed by atoms with Crippen molar-refractivity contribution in [2.75, 3.05) is 0 Å². The van der Waals surface area contributed by atoms with Gasteiger partial charge in [-0.3, -0.25) is 4.79 Å². The molecule has 0 aromatic heterocycles. The first-order chi connectivity index (χ1) is 6.81. The topological polar surface area (TPSA) is 17.1 Å². The van der Waals surface area contributed by atoms with Crippen molar-refractivity contribution in [3.05, 3.63) is 35.4 Å². The van der Waals surface area contributed by atoms with Crippen molar-refractivity contribution < 1.29 is 4.79 Å². The van der Waals surface area contributed by atoms with E-state index in [9.17, 15) is 4.79 Å². The molecule has 74 valence electrons. The molecule has 0 radical (unpaired) electrons. The van der Waals surface area contributed by atoms with Gasteiger partial charge in [0.2, 0.25) is 0 Å². The maximum absolute atomic E-state index is 11.4. The highest BCUT2D eigenvalue weighted by Gasteiger charge is 2.19. The van der Waals surface area contributed by atoms with Gasteiger partial charge in [-0.1, -0.05) is 37.6 Å². The second kappa shape index (κ2) is 3.95. The molecule has 1 aromatic carbocycles. The zero-order chi connectivity index (χ0) is 9.97. The highest BCUT2D eigenvalue weighted by molar-refractivity contribution is 5.95. The Bertz CT molecular complexity index is 320. The van der Waals surface area contributed by atoms with E-state index in [-0.39, 0.29) is 5.78 Å². The van der Waals surface area contributed by atoms with E-state index in [2.05, 4.69) is 12.1 Å². The summed E-state index contributed by atoms with van der Waals surface area (Å²) in [5, 5.41) is 0. The fourth-order valence-electron chi connectivity index (χ4n) is 1.89. The number of hydrogen-bond acceptors (Lipinski definition) is 1. The molecule has 0 aliphatic heterocycles. The minimum atomic E-state index is 0.241. The van der Waals surface area contributed by atoms with Crippen LogP contribution in [0.1, 0.15) is 54.4 Å². The Morgan fingerprint density at radius 1 is 1.29 bits per heavy atom. The van der Waals surface area contributed by atoms with Gasteiger partial charge in [0.15, 0.2) is 5.78 Å². The van der Waals surface area contributed by atoms with E-state index in [4.69, 9.17) is 0 Å². The first-order valence-corrected chi connectivity index (χ1v) is 5.44. The molecule has 1 aromatic rings. The summed E-state index contributed by atoms with van der Waals surface area (Å²) in [6.07, 6.45) is 4.60. The summed E-state index contributed by atoms with van der Waals surface area (Å²) in [5.74, 6) is 1.01. The van der Waals surface area contributed by atoms with Crippen LogP contribution < -0.4 is 0 Å². The van der Waals surface area contributed by atoms with Crippen LogP contribution in [0, 0.1) is 0 Å². The average molecular weight is 188 g/mol. The SMILES string of the molecule is CCC(=O)c1ccc(C2CCC2)cc1. The van der Waals surface area contributed by atoms with E-state index >= 15 is 0 Å². The lowest BCUT2D eigenvalue weighted by molar-refractivity contribution is 0.0988. The summed E-state index contributed by atoms with van der Waals surface area (Å²) in [6, 6.07) is 8.18. The predicted molar refractivity (Wildman–Crippen MR) is 57.7 cm³/mol. The molecule has 2 rings (SSSR count). The first kappa shape index (κ1) is 9.45. The molecule has 0 spiro atoms. The Hall–Kier alpha value is -1.11. The van der Waals surface area contributed by atoms with E-state index in [1.807, 2.05) is 19.1 Å². The summed E-state index contributed by atoms with van der Waals surface area (Å²) in [6.45, 7) is 1.90. The highest BCUT2D eigenvalue weighted by atomic mass is 16.1. The maximum atomic E-state index is 11.4. The molecule has 14 heavy (non-hydrogen) atoms. The summed E-state index contributed by atoms with van der Waals surface area (Å²) < 4.78 is 0. The van der Waals surface area contributed by atoms with Crippen LogP contribution >= 0.6 is 0 Å². The van der Waals surface area contributed by atoms with E-state index in [0.29, 0.717) is 6.42 Å². The molecule has 1 nitrogen and oxygen atoms in total. The number of rotatable bonds is 3. The van der Waals surface area contributed by atoms with Crippen molar-refractivity contribution >= 4 is 5.78 Å². The van der Waals surface area contributed by atoms with Crippen LogP contribution in [0.5, 0.6) is 0 Å². The monoisotopic (exact) mass is 188 g/mol. The van der Waals surface area contributed by atoms with Gasteiger partial charge < -0.3 is 0 Å². The van der Waals surface area contributed by atoms with Crippen molar-refractivity contribution in [3.63, 3.8) is 0 Å². The molecule has 1 aliphatic rings. The van der Waals surface area contributed by atoms with Gasteiger partial charge >= 0.3 is 0 Å². The molecule has 1 aliphatic carbocycles. The van der Waals surface area contributed by atoms with Crippen molar-refractivity contribution in [1.82, 2.24) is 0 Å². The lowest BCUT2D eigenvalue weighted by Gasteiger charge is -2.25. The molecule has 1 saturated carbocycles. The van der Waals surface area contributed by atoms with E-state index < -0.39 is 0 Å². The third kappa shape index (κ3) is 1.72. The summed E-state index contributed by atoms with van der Waals surface area (Å²) >= 11 is 0. The fourth-order valence-corrected chi connectivity index (χ4v) is 1.89.